The van der Waals surface area contributed by atoms with E-state index in [9.17, 15) is 14.7 Å². The maximum absolute atomic E-state index is 11.3. The Morgan fingerprint density at radius 2 is 2.00 bits per heavy atom. The van der Waals surface area contributed by atoms with E-state index in [1.165, 1.54) is 18.2 Å². The molecule has 6 heteroatoms. The van der Waals surface area contributed by atoms with E-state index in [-0.39, 0.29) is 12.1 Å². The van der Waals surface area contributed by atoms with Gasteiger partial charge >= 0.3 is 0 Å². The van der Waals surface area contributed by atoms with Crippen molar-refractivity contribution in [2.24, 2.45) is 5.73 Å². The van der Waals surface area contributed by atoms with Crippen LogP contribution in [0.3, 0.4) is 0 Å². The Balaban J connectivity index is 2.82. The van der Waals surface area contributed by atoms with E-state index in [1.807, 2.05) is 0 Å². The highest BCUT2D eigenvalue weighted by Gasteiger charge is 2.13. The predicted molar refractivity (Wildman–Crippen MR) is 51.3 cm³/mol. The number of benzene rings is 1. The molecule has 0 aliphatic rings. The molecule has 0 saturated heterocycles. The summed E-state index contributed by atoms with van der Waals surface area (Å²) in [7, 11) is 0. The van der Waals surface area contributed by atoms with Gasteiger partial charge in [-0.3, -0.25) is 9.59 Å². The first-order valence-electron chi connectivity index (χ1n) is 4.10. The van der Waals surface area contributed by atoms with Crippen LogP contribution in [0, 0.1) is 0 Å². The largest absolute Gasteiger partial charge is 0.504 e. The van der Waals surface area contributed by atoms with Crippen molar-refractivity contribution in [3.8, 4) is 11.5 Å². The van der Waals surface area contributed by atoms with Crippen molar-refractivity contribution in [2.45, 2.75) is 0 Å². The number of nitrogens with one attached hydrogen (secondary N) is 1. The molecule has 80 valence electrons. The van der Waals surface area contributed by atoms with Gasteiger partial charge in [0.15, 0.2) is 11.5 Å². The van der Waals surface area contributed by atoms with Gasteiger partial charge in [0, 0.05) is 0 Å². The predicted octanol–water partition coefficient (Wildman–Crippen LogP) is -0.687. The number of phenols is 2. The lowest BCUT2D eigenvalue weighted by Crippen LogP contribution is -2.33. The van der Waals surface area contributed by atoms with Gasteiger partial charge in [-0.2, -0.15) is 0 Å². The van der Waals surface area contributed by atoms with Crippen molar-refractivity contribution in [1.82, 2.24) is 5.32 Å². The smallest absolute Gasteiger partial charge is 0.255 e. The molecule has 1 aromatic rings. The first-order valence-corrected chi connectivity index (χ1v) is 4.10. The van der Waals surface area contributed by atoms with Gasteiger partial charge in [0.25, 0.3) is 5.91 Å². The highest BCUT2D eigenvalue weighted by atomic mass is 16.3. The zero-order valence-electron chi connectivity index (χ0n) is 7.73. The Morgan fingerprint density at radius 1 is 1.33 bits per heavy atom. The first kappa shape index (κ1) is 10.8. The van der Waals surface area contributed by atoms with Crippen molar-refractivity contribution >= 4 is 11.8 Å². The topological polar surface area (TPSA) is 113 Å². The fourth-order valence-corrected chi connectivity index (χ4v) is 0.977. The van der Waals surface area contributed by atoms with Crippen LogP contribution in [-0.2, 0) is 4.79 Å². The van der Waals surface area contributed by atoms with Gasteiger partial charge in [-0.05, 0) is 12.1 Å². The van der Waals surface area contributed by atoms with Gasteiger partial charge in [0.05, 0.1) is 12.1 Å². The summed E-state index contributed by atoms with van der Waals surface area (Å²) in [6.45, 7) is -0.325. The summed E-state index contributed by atoms with van der Waals surface area (Å²) < 4.78 is 0. The Labute approximate surface area is 85.3 Å². The third kappa shape index (κ3) is 2.60. The SMILES string of the molecule is NC(=O)CNC(=O)c1cccc(O)c1O. The number of aromatic hydroxyl groups is 2. The fraction of sp³-hybridized carbons (Fsp3) is 0.111. The molecule has 0 unspecified atom stereocenters. The number of para-hydroxylation sites is 1. The summed E-state index contributed by atoms with van der Waals surface area (Å²) in [4.78, 5) is 21.7. The van der Waals surface area contributed by atoms with Crippen LogP contribution in [0.1, 0.15) is 10.4 Å². The van der Waals surface area contributed by atoms with Crippen molar-refractivity contribution in [3.63, 3.8) is 0 Å². The minimum Gasteiger partial charge on any atom is -0.504 e. The van der Waals surface area contributed by atoms with E-state index >= 15 is 0 Å². The van der Waals surface area contributed by atoms with Gasteiger partial charge < -0.3 is 21.3 Å². The third-order valence-electron chi connectivity index (χ3n) is 1.68. The molecule has 0 aromatic heterocycles. The van der Waals surface area contributed by atoms with Crippen LogP contribution in [0.5, 0.6) is 11.5 Å². The summed E-state index contributed by atoms with van der Waals surface area (Å²) in [5.41, 5.74) is 4.71. The molecule has 0 bridgehead atoms. The monoisotopic (exact) mass is 210 g/mol. The Bertz CT molecular complexity index is 403. The van der Waals surface area contributed by atoms with E-state index in [0.717, 1.165) is 0 Å². The number of rotatable bonds is 3. The second-order valence-electron chi connectivity index (χ2n) is 2.82. The molecule has 0 aliphatic carbocycles. The van der Waals surface area contributed by atoms with Crippen molar-refractivity contribution in [1.29, 1.82) is 0 Å². The Kier molecular flexibility index (Phi) is 3.12. The molecule has 0 fully saturated rings. The number of hydrogen-bond donors (Lipinski definition) is 4. The van der Waals surface area contributed by atoms with Crippen molar-refractivity contribution < 1.29 is 19.8 Å². The molecule has 5 N–H and O–H groups in total. The molecule has 15 heavy (non-hydrogen) atoms. The van der Waals surface area contributed by atoms with Gasteiger partial charge in [-0.1, -0.05) is 6.07 Å². The Morgan fingerprint density at radius 3 is 2.60 bits per heavy atom. The number of amides is 2. The minimum atomic E-state index is -0.692. The van der Waals surface area contributed by atoms with Crippen LogP contribution in [0.4, 0.5) is 0 Å². The van der Waals surface area contributed by atoms with E-state index in [1.54, 1.807) is 0 Å². The Hall–Kier alpha value is -2.24. The number of nitrogens with two attached hydrogens (primary N) is 1. The average Bonchev–Trinajstić information content (AvgIpc) is 2.18. The quantitative estimate of drug-likeness (QED) is 0.494. The lowest BCUT2D eigenvalue weighted by molar-refractivity contribution is -0.117. The summed E-state index contributed by atoms with van der Waals surface area (Å²) in [6, 6.07) is 3.94. The van der Waals surface area contributed by atoms with E-state index < -0.39 is 23.3 Å². The van der Waals surface area contributed by atoms with Gasteiger partial charge in [-0.15, -0.1) is 0 Å². The van der Waals surface area contributed by atoms with E-state index in [2.05, 4.69) is 5.32 Å². The second-order valence-corrected chi connectivity index (χ2v) is 2.82. The van der Waals surface area contributed by atoms with Crippen molar-refractivity contribution in [2.75, 3.05) is 6.54 Å². The molecule has 1 aromatic carbocycles. The molecular formula is C9H10N2O4. The number of hydrogen-bond acceptors (Lipinski definition) is 4. The normalized spacial score (nSPS) is 9.60. The van der Waals surface area contributed by atoms with Crippen LogP contribution in [0.25, 0.3) is 0 Å². The molecule has 0 aliphatic heterocycles. The third-order valence-corrected chi connectivity index (χ3v) is 1.68. The minimum absolute atomic E-state index is 0.115. The summed E-state index contributed by atoms with van der Waals surface area (Å²) >= 11 is 0. The van der Waals surface area contributed by atoms with Crippen LogP contribution >= 0.6 is 0 Å². The maximum atomic E-state index is 11.3. The molecule has 0 heterocycles. The van der Waals surface area contributed by atoms with E-state index in [4.69, 9.17) is 10.8 Å². The number of phenolic OH excluding ortho intramolecular Hbond substituents is 2. The van der Waals surface area contributed by atoms with E-state index in [0.29, 0.717) is 0 Å². The van der Waals surface area contributed by atoms with Crippen LogP contribution in [0.2, 0.25) is 0 Å². The van der Waals surface area contributed by atoms with Gasteiger partial charge in [0.1, 0.15) is 0 Å². The molecule has 1 rings (SSSR count). The number of carbonyl (C=O) groups is 2. The standard InChI is InChI=1S/C9H10N2O4/c10-7(13)4-11-9(15)5-2-1-3-6(12)8(5)14/h1-3,12,14H,4H2,(H2,10,13)(H,11,15). The fourth-order valence-electron chi connectivity index (χ4n) is 0.977. The molecule has 0 spiro atoms. The molecule has 0 saturated carbocycles. The molecule has 2 amide bonds. The number of primary amides is 1. The highest BCUT2D eigenvalue weighted by molar-refractivity contribution is 5.99. The number of carbonyl (C=O) groups excluding carboxylic acids is 2. The molecular weight excluding hydrogens is 200 g/mol. The molecule has 0 atom stereocenters. The zero-order valence-corrected chi connectivity index (χ0v) is 7.73. The van der Waals surface area contributed by atoms with Gasteiger partial charge in [0.2, 0.25) is 5.91 Å². The second kappa shape index (κ2) is 4.32. The maximum Gasteiger partial charge on any atom is 0.255 e. The van der Waals surface area contributed by atoms with Crippen molar-refractivity contribution in [3.05, 3.63) is 23.8 Å². The lowest BCUT2D eigenvalue weighted by atomic mass is 10.1. The summed E-state index contributed by atoms with van der Waals surface area (Å²) in [5.74, 6) is -2.30. The molecule has 0 radical (unpaired) electrons. The average molecular weight is 210 g/mol. The summed E-state index contributed by atoms with van der Waals surface area (Å²) in [5, 5.41) is 20.6. The zero-order chi connectivity index (χ0) is 11.4. The van der Waals surface area contributed by atoms with Crippen LogP contribution in [0.15, 0.2) is 18.2 Å². The van der Waals surface area contributed by atoms with Crippen LogP contribution in [-0.4, -0.2) is 28.6 Å². The lowest BCUT2D eigenvalue weighted by Gasteiger charge is -2.05. The first-order chi connectivity index (χ1) is 7.02. The van der Waals surface area contributed by atoms with Gasteiger partial charge in [-0.25, -0.2) is 0 Å². The molecule has 6 nitrogen and oxygen atoms in total. The highest BCUT2D eigenvalue weighted by Crippen LogP contribution is 2.27. The van der Waals surface area contributed by atoms with Crippen LogP contribution < -0.4 is 11.1 Å². The summed E-state index contributed by atoms with van der Waals surface area (Å²) in [6.07, 6.45) is 0.